The van der Waals surface area contributed by atoms with E-state index in [0.717, 1.165) is 19.5 Å². The van der Waals surface area contributed by atoms with Crippen molar-refractivity contribution in [2.75, 3.05) is 13.1 Å². The molecule has 1 heterocycles. The van der Waals surface area contributed by atoms with Crippen molar-refractivity contribution in [2.24, 2.45) is 0 Å². The van der Waals surface area contributed by atoms with Crippen LogP contribution in [0.3, 0.4) is 0 Å². The quantitative estimate of drug-likeness (QED) is 0.794. The molecular formula is C20H24N2O4S. The maximum atomic E-state index is 12.7. The van der Waals surface area contributed by atoms with Crippen molar-refractivity contribution in [2.45, 2.75) is 37.8 Å². The maximum absolute atomic E-state index is 12.7. The zero-order valence-corrected chi connectivity index (χ0v) is 16.3. The smallest absolute Gasteiger partial charge is 0.335 e. The van der Waals surface area contributed by atoms with E-state index in [9.17, 15) is 13.2 Å². The van der Waals surface area contributed by atoms with Gasteiger partial charge in [-0.1, -0.05) is 30.3 Å². The van der Waals surface area contributed by atoms with Crippen LogP contribution in [0.5, 0.6) is 0 Å². The summed E-state index contributed by atoms with van der Waals surface area (Å²) in [6.07, 6.45) is 0.951. The summed E-state index contributed by atoms with van der Waals surface area (Å²) in [4.78, 5) is 13.4. The standard InChI is InChI=1S/C20H24N2O4S/c1-14-7-8-17(20(23)24)11-19(14)27(25,26)21-12-15(2)22-10-9-16-5-3-4-6-18(16)13-22/h3-8,11,15,21H,9-10,12-13H2,1-2H3,(H,23,24). The van der Waals surface area contributed by atoms with E-state index in [-0.39, 0.29) is 23.0 Å². The van der Waals surface area contributed by atoms with Gasteiger partial charge in [-0.2, -0.15) is 0 Å². The predicted molar refractivity (Wildman–Crippen MR) is 103 cm³/mol. The van der Waals surface area contributed by atoms with Crippen molar-refractivity contribution in [3.63, 3.8) is 0 Å². The number of carboxylic acid groups (broad SMARTS) is 1. The number of nitrogens with zero attached hydrogens (tertiary/aromatic N) is 1. The van der Waals surface area contributed by atoms with Crippen LogP contribution < -0.4 is 4.72 Å². The average Bonchev–Trinajstić information content (AvgIpc) is 2.65. The first-order valence-corrected chi connectivity index (χ1v) is 10.4. The molecule has 2 aromatic rings. The van der Waals surface area contributed by atoms with Gasteiger partial charge < -0.3 is 5.11 Å². The van der Waals surface area contributed by atoms with Gasteiger partial charge in [-0.3, -0.25) is 4.90 Å². The van der Waals surface area contributed by atoms with E-state index < -0.39 is 16.0 Å². The molecule has 144 valence electrons. The molecule has 0 amide bonds. The number of carboxylic acids is 1. The summed E-state index contributed by atoms with van der Waals surface area (Å²) in [6, 6.07) is 12.5. The third-order valence-corrected chi connectivity index (χ3v) is 6.64. The number of carbonyl (C=O) groups is 1. The van der Waals surface area contributed by atoms with Crippen LogP contribution in [-0.4, -0.2) is 43.5 Å². The third kappa shape index (κ3) is 4.37. The molecule has 0 aliphatic carbocycles. The van der Waals surface area contributed by atoms with Gasteiger partial charge >= 0.3 is 5.97 Å². The molecule has 7 heteroatoms. The molecule has 0 bridgehead atoms. The topological polar surface area (TPSA) is 86.7 Å². The van der Waals surface area contributed by atoms with Crippen molar-refractivity contribution in [1.82, 2.24) is 9.62 Å². The van der Waals surface area contributed by atoms with Crippen molar-refractivity contribution in [3.05, 3.63) is 64.7 Å². The lowest BCUT2D eigenvalue weighted by molar-refractivity contribution is 0.0696. The SMILES string of the molecule is Cc1ccc(C(=O)O)cc1S(=O)(=O)NCC(C)N1CCc2ccccc2C1. The fourth-order valence-electron chi connectivity index (χ4n) is 3.35. The largest absolute Gasteiger partial charge is 0.478 e. The Labute approximate surface area is 159 Å². The third-order valence-electron chi connectivity index (χ3n) is 5.08. The summed E-state index contributed by atoms with van der Waals surface area (Å²) in [7, 11) is -3.78. The highest BCUT2D eigenvalue weighted by molar-refractivity contribution is 7.89. The molecule has 1 unspecified atom stereocenters. The molecular weight excluding hydrogens is 364 g/mol. The Morgan fingerprint density at radius 2 is 1.93 bits per heavy atom. The number of aromatic carboxylic acids is 1. The van der Waals surface area contributed by atoms with Crippen LogP contribution in [0.4, 0.5) is 0 Å². The molecule has 0 radical (unpaired) electrons. The zero-order chi connectivity index (χ0) is 19.6. The molecule has 1 aliphatic heterocycles. The molecule has 0 aromatic heterocycles. The average molecular weight is 388 g/mol. The van der Waals surface area contributed by atoms with E-state index in [1.54, 1.807) is 6.92 Å². The van der Waals surface area contributed by atoms with E-state index in [0.29, 0.717) is 5.56 Å². The van der Waals surface area contributed by atoms with Crippen LogP contribution in [0.25, 0.3) is 0 Å². The van der Waals surface area contributed by atoms with E-state index in [4.69, 9.17) is 5.11 Å². The summed E-state index contributed by atoms with van der Waals surface area (Å²) < 4.78 is 28.0. The van der Waals surface area contributed by atoms with E-state index >= 15 is 0 Å². The normalized spacial score (nSPS) is 15.9. The number of sulfonamides is 1. The molecule has 2 N–H and O–H groups in total. The lowest BCUT2D eigenvalue weighted by Crippen LogP contribution is -2.44. The second-order valence-corrected chi connectivity index (χ2v) is 8.71. The van der Waals surface area contributed by atoms with E-state index in [2.05, 4.69) is 21.8 Å². The fraction of sp³-hybridized carbons (Fsp3) is 0.350. The van der Waals surface area contributed by atoms with Gasteiger partial charge in [-0.05, 0) is 49.1 Å². The lowest BCUT2D eigenvalue weighted by Gasteiger charge is -2.33. The van der Waals surface area contributed by atoms with Crippen LogP contribution in [-0.2, 0) is 23.0 Å². The minimum absolute atomic E-state index is 0.0126. The van der Waals surface area contributed by atoms with Crippen LogP contribution in [0.2, 0.25) is 0 Å². The van der Waals surface area contributed by atoms with Crippen molar-refractivity contribution < 1.29 is 18.3 Å². The van der Waals surface area contributed by atoms with Gasteiger partial charge in [-0.15, -0.1) is 0 Å². The van der Waals surface area contributed by atoms with E-state index in [1.165, 1.54) is 29.3 Å². The molecule has 3 rings (SSSR count). The number of nitrogens with one attached hydrogen (secondary N) is 1. The van der Waals surface area contributed by atoms with Crippen LogP contribution in [0.15, 0.2) is 47.4 Å². The highest BCUT2D eigenvalue weighted by Crippen LogP contribution is 2.21. The number of aryl methyl sites for hydroxylation is 1. The fourth-order valence-corrected chi connectivity index (χ4v) is 4.74. The Morgan fingerprint density at radius 3 is 2.63 bits per heavy atom. The summed E-state index contributed by atoms with van der Waals surface area (Å²) in [6.45, 7) is 5.60. The molecule has 0 saturated carbocycles. The molecule has 1 atom stereocenters. The van der Waals surface area contributed by atoms with Crippen LogP contribution in [0, 0.1) is 6.92 Å². The summed E-state index contributed by atoms with van der Waals surface area (Å²) in [5.41, 5.74) is 3.11. The van der Waals surface area contributed by atoms with Gasteiger partial charge in [0.1, 0.15) is 0 Å². The highest BCUT2D eigenvalue weighted by Gasteiger charge is 2.24. The maximum Gasteiger partial charge on any atom is 0.335 e. The Morgan fingerprint density at radius 1 is 1.22 bits per heavy atom. The van der Waals surface area contributed by atoms with Crippen molar-refractivity contribution in [1.29, 1.82) is 0 Å². The summed E-state index contributed by atoms with van der Waals surface area (Å²) in [5, 5.41) is 9.11. The predicted octanol–water partition coefficient (Wildman–Crippen LogP) is 2.42. The minimum atomic E-state index is -3.78. The first kappa shape index (κ1) is 19.5. The zero-order valence-electron chi connectivity index (χ0n) is 15.5. The lowest BCUT2D eigenvalue weighted by atomic mass is 9.99. The molecule has 0 fully saturated rings. The van der Waals surface area contributed by atoms with Gasteiger partial charge in [0.15, 0.2) is 0 Å². The second kappa shape index (κ2) is 7.80. The van der Waals surface area contributed by atoms with Gasteiger partial charge in [-0.25, -0.2) is 17.9 Å². The van der Waals surface area contributed by atoms with Gasteiger partial charge in [0.25, 0.3) is 0 Å². The monoisotopic (exact) mass is 388 g/mol. The molecule has 1 aliphatic rings. The summed E-state index contributed by atoms with van der Waals surface area (Å²) in [5.74, 6) is -1.15. The van der Waals surface area contributed by atoms with Gasteiger partial charge in [0.05, 0.1) is 10.5 Å². The number of rotatable bonds is 6. The molecule has 27 heavy (non-hydrogen) atoms. The number of benzene rings is 2. The van der Waals surface area contributed by atoms with Gasteiger partial charge in [0, 0.05) is 25.7 Å². The summed E-state index contributed by atoms with van der Waals surface area (Å²) >= 11 is 0. The van der Waals surface area contributed by atoms with Crippen LogP contribution in [0.1, 0.15) is 34.0 Å². The number of hydrogen-bond acceptors (Lipinski definition) is 4. The molecule has 6 nitrogen and oxygen atoms in total. The Bertz CT molecular complexity index is 956. The van der Waals surface area contributed by atoms with Gasteiger partial charge in [0.2, 0.25) is 10.0 Å². The van der Waals surface area contributed by atoms with Crippen molar-refractivity contribution >= 4 is 16.0 Å². The number of hydrogen-bond donors (Lipinski definition) is 2. The van der Waals surface area contributed by atoms with E-state index in [1.807, 2.05) is 19.1 Å². The molecule has 0 saturated heterocycles. The first-order chi connectivity index (χ1) is 12.8. The Balaban J connectivity index is 1.69. The first-order valence-electron chi connectivity index (χ1n) is 8.92. The minimum Gasteiger partial charge on any atom is -0.478 e. The van der Waals surface area contributed by atoms with Crippen molar-refractivity contribution in [3.8, 4) is 0 Å². The Hall–Kier alpha value is -2.22. The second-order valence-electron chi connectivity index (χ2n) is 6.98. The molecule has 2 aromatic carbocycles. The Kier molecular flexibility index (Phi) is 5.64. The van der Waals surface area contributed by atoms with Crippen LogP contribution >= 0.6 is 0 Å². The number of fused-ring (bicyclic) bond motifs is 1. The highest BCUT2D eigenvalue weighted by atomic mass is 32.2. The molecule has 0 spiro atoms.